The van der Waals surface area contributed by atoms with Crippen LogP contribution in [0.2, 0.25) is 0 Å². The van der Waals surface area contributed by atoms with Crippen molar-refractivity contribution in [2.75, 3.05) is 32.7 Å². The number of carbonyl (C=O) groups is 1. The number of carbonyl (C=O) groups excluding carboxylic acids is 1. The molecule has 0 N–H and O–H groups in total. The van der Waals surface area contributed by atoms with Crippen LogP contribution in [0.15, 0.2) is 0 Å². The first-order chi connectivity index (χ1) is 7.97. The number of nitrogens with zero attached hydrogens (tertiary/aromatic N) is 2. The van der Waals surface area contributed by atoms with Gasteiger partial charge in [-0.05, 0) is 38.9 Å². The van der Waals surface area contributed by atoms with E-state index in [1.54, 1.807) is 0 Å². The lowest BCUT2D eigenvalue weighted by atomic mass is 9.90. The van der Waals surface area contributed by atoms with Crippen LogP contribution in [-0.4, -0.2) is 54.3 Å². The fraction of sp³-hybridized carbons (Fsp3) is 0.929. The van der Waals surface area contributed by atoms with Crippen molar-refractivity contribution in [1.29, 1.82) is 0 Å². The van der Waals surface area contributed by atoms with E-state index >= 15 is 0 Å². The molecule has 0 saturated carbocycles. The third-order valence-corrected chi connectivity index (χ3v) is 4.09. The second kappa shape index (κ2) is 5.07. The van der Waals surface area contributed by atoms with Crippen LogP contribution in [0, 0.1) is 5.41 Å². The number of Topliss-reactive ketones (excluding diaryl/α,β-unsaturated/α-hetero) is 1. The van der Waals surface area contributed by atoms with Gasteiger partial charge in [-0.25, -0.2) is 0 Å². The molecule has 0 aliphatic carbocycles. The first-order valence-corrected chi connectivity index (χ1v) is 6.96. The van der Waals surface area contributed by atoms with Crippen LogP contribution < -0.4 is 0 Å². The van der Waals surface area contributed by atoms with E-state index in [4.69, 9.17) is 0 Å². The first-order valence-electron chi connectivity index (χ1n) is 6.96. The molecule has 0 aromatic heterocycles. The Bertz CT molecular complexity index is 282. The molecule has 2 rings (SSSR count). The van der Waals surface area contributed by atoms with Crippen molar-refractivity contribution < 1.29 is 4.79 Å². The summed E-state index contributed by atoms with van der Waals surface area (Å²) in [6.07, 6.45) is 3.87. The topological polar surface area (TPSA) is 23.6 Å². The third kappa shape index (κ3) is 3.29. The smallest absolute Gasteiger partial charge is 0.152 e. The molecule has 3 nitrogen and oxygen atoms in total. The average Bonchev–Trinajstić information content (AvgIpc) is 2.56. The van der Waals surface area contributed by atoms with Crippen LogP contribution in [0.5, 0.6) is 0 Å². The van der Waals surface area contributed by atoms with Crippen molar-refractivity contribution in [1.82, 2.24) is 9.80 Å². The van der Waals surface area contributed by atoms with Crippen molar-refractivity contribution >= 4 is 5.78 Å². The zero-order chi connectivity index (χ0) is 12.5. The fourth-order valence-electron chi connectivity index (χ4n) is 2.87. The molecule has 0 spiro atoms. The maximum Gasteiger partial charge on any atom is 0.152 e. The van der Waals surface area contributed by atoms with Crippen molar-refractivity contribution in [3.63, 3.8) is 0 Å². The Morgan fingerprint density at radius 3 is 2.59 bits per heavy atom. The number of hydrogen-bond acceptors (Lipinski definition) is 3. The zero-order valence-corrected chi connectivity index (χ0v) is 11.5. The number of fused-ring (bicyclic) bond motifs is 1. The lowest BCUT2D eigenvalue weighted by molar-refractivity contribution is -0.127. The van der Waals surface area contributed by atoms with Gasteiger partial charge in [0.25, 0.3) is 0 Å². The van der Waals surface area contributed by atoms with E-state index in [0.717, 1.165) is 13.1 Å². The Labute approximate surface area is 105 Å². The maximum atomic E-state index is 12.1. The minimum atomic E-state index is -0.193. The first kappa shape index (κ1) is 13.0. The summed E-state index contributed by atoms with van der Waals surface area (Å²) >= 11 is 0. The molecule has 3 heteroatoms. The van der Waals surface area contributed by atoms with Crippen LogP contribution in [0.3, 0.4) is 0 Å². The molecule has 2 fully saturated rings. The van der Waals surface area contributed by atoms with Gasteiger partial charge in [0.1, 0.15) is 0 Å². The van der Waals surface area contributed by atoms with Gasteiger partial charge in [-0.3, -0.25) is 14.6 Å². The third-order valence-electron chi connectivity index (χ3n) is 4.09. The van der Waals surface area contributed by atoms with Crippen LogP contribution in [0.4, 0.5) is 0 Å². The summed E-state index contributed by atoms with van der Waals surface area (Å²) in [6.45, 7) is 11.4. The van der Waals surface area contributed by atoms with Gasteiger partial charge < -0.3 is 0 Å². The number of ketones is 1. The molecule has 2 heterocycles. The van der Waals surface area contributed by atoms with Crippen molar-refractivity contribution in [2.45, 2.75) is 46.1 Å². The number of rotatable bonds is 2. The summed E-state index contributed by atoms with van der Waals surface area (Å²) in [5.41, 5.74) is -0.193. The summed E-state index contributed by atoms with van der Waals surface area (Å²) in [4.78, 5) is 17.1. The lowest BCUT2D eigenvalue weighted by Gasteiger charge is -2.27. The predicted octanol–water partition coefficient (Wildman–Crippen LogP) is 1.77. The Hall–Kier alpha value is -0.410. The molecule has 0 bridgehead atoms. The summed E-state index contributed by atoms with van der Waals surface area (Å²) in [5.74, 6) is 0.379. The Kier molecular flexibility index (Phi) is 3.88. The van der Waals surface area contributed by atoms with Crippen LogP contribution >= 0.6 is 0 Å². The molecule has 2 aliphatic heterocycles. The van der Waals surface area contributed by atoms with Crippen LogP contribution in [0.1, 0.15) is 40.0 Å². The van der Waals surface area contributed by atoms with Crippen LogP contribution in [-0.2, 0) is 4.79 Å². The monoisotopic (exact) mass is 238 g/mol. The normalized spacial score (nSPS) is 27.8. The van der Waals surface area contributed by atoms with Gasteiger partial charge in [-0.1, -0.05) is 20.8 Å². The molecule has 0 radical (unpaired) electrons. The van der Waals surface area contributed by atoms with Gasteiger partial charge in [0.05, 0.1) is 6.54 Å². The van der Waals surface area contributed by atoms with E-state index in [2.05, 4.69) is 9.80 Å². The highest BCUT2D eigenvalue weighted by Crippen LogP contribution is 2.22. The predicted molar refractivity (Wildman–Crippen MR) is 70.1 cm³/mol. The van der Waals surface area contributed by atoms with E-state index < -0.39 is 0 Å². The summed E-state index contributed by atoms with van der Waals surface area (Å²) in [5, 5.41) is 0. The van der Waals surface area contributed by atoms with Gasteiger partial charge in [0.2, 0.25) is 0 Å². The van der Waals surface area contributed by atoms with E-state index in [9.17, 15) is 4.79 Å². The summed E-state index contributed by atoms with van der Waals surface area (Å²) < 4.78 is 0. The highest BCUT2D eigenvalue weighted by atomic mass is 16.1. The molecule has 2 saturated heterocycles. The zero-order valence-electron chi connectivity index (χ0n) is 11.5. The highest BCUT2D eigenvalue weighted by molar-refractivity contribution is 5.85. The van der Waals surface area contributed by atoms with Crippen LogP contribution in [0.25, 0.3) is 0 Å². The Morgan fingerprint density at radius 2 is 1.88 bits per heavy atom. The molecular formula is C14H26N2O. The molecule has 1 atom stereocenters. The molecule has 2 aliphatic rings. The molecule has 0 aromatic carbocycles. The summed E-state index contributed by atoms with van der Waals surface area (Å²) in [6, 6.07) is 0.713. The lowest BCUT2D eigenvalue weighted by Crippen LogP contribution is -2.41. The second-order valence-electron chi connectivity index (χ2n) is 6.59. The Balaban J connectivity index is 1.91. The number of hydrogen-bond donors (Lipinski definition) is 0. The van der Waals surface area contributed by atoms with Gasteiger partial charge in [-0.2, -0.15) is 0 Å². The van der Waals surface area contributed by atoms with E-state index in [-0.39, 0.29) is 5.41 Å². The van der Waals surface area contributed by atoms with Crippen molar-refractivity contribution in [2.24, 2.45) is 5.41 Å². The van der Waals surface area contributed by atoms with Crippen molar-refractivity contribution in [3.05, 3.63) is 0 Å². The SMILES string of the molecule is CC(C)(C)C(=O)CN1CCCN2CCCC2C1. The fourth-order valence-corrected chi connectivity index (χ4v) is 2.87. The summed E-state index contributed by atoms with van der Waals surface area (Å²) in [7, 11) is 0. The molecule has 17 heavy (non-hydrogen) atoms. The van der Waals surface area contributed by atoms with E-state index in [0.29, 0.717) is 18.4 Å². The molecular weight excluding hydrogens is 212 g/mol. The minimum Gasteiger partial charge on any atom is -0.299 e. The molecule has 98 valence electrons. The van der Waals surface area contributed by atoms with Gasteiger partial charge in [0, 0.05) is 18.0 Å². The highest BCUT2D eigenvalue weighted by Gasteiger charge is 2.31. The van der Waals surface area contributed by atoms with Gasteiger partial charge in [-0.15, -0.1) is 0 Å². The molecule has 1 unspecified atom stereocenters. The molecule has 0 aromatic rings. The van der Waals surface area contributed by atoms with Gasteiger partial charge >= 0.3 is 0 Å². The Morgan fingerprint density at radius 1 is 1.18 bits per heavy atom. The van der Waals surface area contributed by atoms with E-state index in [1.165, 1.54) is 32.4 Å². The second-order valence-corrected chi connectivity index (χ2v) is 6.59. The minimum absolute atomic E-state index is 0.193. The standard InChI is InChI=1S/C14H26N2O/c1-14(2,3)13(17)11-15-7-5-9-16-8-4-6-12(16)10-15/h12H,4-11H2,1-3H3. The van der Waals surface area contributed by atoms with Gasteiger partial charge in [0.15, 0.2) is 5.78 Å². The van der Waals surface area contributed by atoms with Crippen molar-refractivity contribution in [3.8, 4) is 0 Å². The largest absolute Gasteiger partial charge is 0.299 e. The van der Waals surface area contributed by atoms with E-state index in [1.807, 2.05) is 20.8 Å². The quantitative estimate of drug-likeness (QED) is 0.732. The molecule has 0 amide bonds. The average molecular weight is 238 g/mol. The maximum absolute atomic E-state index is 12.1.